The monoisotopic (exact) mass is 648 g/mol. The van der Waals surface area contributed by atoms with Crippen LogP contribution in [0.5, 0.6) is 0 Å². The number of aryl methyl sites for hydroxylation is 2. The van der Waals surface area contributed by atoms with Gasteiger partial charge in [0.05, 0.1) is 21.9 Å². The summed E-state index contributed by atoms with van der Waals surface area (Å²) in [5.74, 6) is -1.02. The van der Waals surface area contributed by atoms with Crippen LogP contribution < -0.4 is 0 Å². The van der Waals surface area contributed by atoms with Crippen molar-refractivity contribution in [2.24, 2.45) is 5.92 Å². The number of hydrogen-bond donors (Lipinski definition) is 0. The number of rotatable bonds is 6. The van der Waals surface area contributed by atoms with Crippen molar-refractivity contribution in [3.63, 3.8) is 0 Å². The van der Waals surface area contributed by atoms with Crippen LogP contribution in [0.25, 0.3) is 0 Å². The molecule has 0 radical (unpaired) electrons. The molecule has 2 saturated heterocycles. The Hall–Kier alpha value is -3.34. The first-order chi connectivity index (χ1) is 21.0. The Kier molecular flexibility index (Phi) is 8.28. The summed E-state index contributed by atoms with van der Waals surface area (Å²) in [5, 5.41) is 0.434. The second-order valence-corrected chi connectivity index (χ2v) is 15.8. The fraction of sp³-hybridized carbons (Fsp3) is 0.265. The van der Waals surface area contributed by atoms with Gasteiger partial charge in [0.1, 0.15) is 5.78 Å². The van der Waals surface area contributed by atoms with Crippen LogP contribution in [0.4, 0.5) is 0 Å². The number of nitrogens with zero attached hydrogens (tertiary/aromatic N) is 2. The lowest BCUT2D eigenvalue weighted by molar-refractivity contribution is -0.132. The summed E-state index contributed by atoms with van der Waals surface area (Å²) >= 11 is 6.39. The van der Waals surface area contributed by atoms with Gasteiger partial charge in [0, 0.05) is 29.9 Å². The molecule has 0 saturated carbocycles. The van der Waals surface area contributed by atoms with Gasteiger partial charge >= 0.3 is 0 Å². The van der Waals surface area contributed by atoms with Crippen molar-refractivity contribution >= 4 is 37.4 Å². The van der Waals surface area contributed by atoms with Crippen molar-refractivity contribution in [1.29, 1.82) is 0 Å². The lowest BCUT2D eigenvalue weighted by Gasteiger charge is -2.51. The second-order valence-electron chi connectivity index (χ2n) is 11.6. The van der Waals surface area contributed by atoms with Crippen LogP contribution in [0.1, 0.15) is 47.2 Å². The quantitative estimate of drug-likeness (QED) is 0.239. The van der Waals surface area contributed by atoms with E-state index in [-0.39, 0.29) is 35.0 Å². The molecule has 0 amide bonds. The van der Waals surface area contributed by atoms with Gasteiger partial charge in [0.15, 0.2) is 0 Å². The number of carbonyl (C=O) groups excluding carboxylic acids is 1. The molecule has 2 aliphatic heterocycles. The molecule has 4 aromatic carbocycles. The molecule has 0 bridgehead atoms. The zero-order chi connectivity index (χ0) is 31.2. The maximum absolute atomic E-state index is 14.5. The van der Waals surface area contributed by atoms with E-state index in [1.807, 2.05) is 44.2 Å². The predicted octanol–water partition coefficient (Wildman–Crippen LogP) is 6.48. The molecule has 0 unspecified atom stereocenters. The molecular formula is C34H33ClN2O5S2. The Labute approximate surface area is 264 Å². The maximum Gasteiger partial charge on any atom is 0.243 e. The summed E-state index contributed by atoms with van der Waals surface area (Å²) in [6.07, 6.45) is 0.0206. The molecule has 0 N–H and O–H groups in total. The molecule has 0 aliphatic carbocycles. The van der Waals surface area contributed by atoms with Crippen molar-refractivity contribution in [1.82, 2.24) is 8.61 Å². The van der Waals surface area contributed by atoms with Crippen molar-refractivity contribution in [3.05, 3.63) is 130 Å². The highest BCUT2D eigenvalue weighted by atomic mass is 35.5. The highest BCUT2D eigenvalue weighted by Crippen LogP contribution is 2.48. The van der Waals surface area contributed by atoms with Crippen LogP contribution in [-0.2, 0) is 24.8 Å². The Bertz CT molecular complexity index is 1900. The van der Waals surface area contributed by atoms with Gasteiger partial charge in [0.25, 0.3) is 0 Å². The van der Waals surface area contributed by atoms with Gasteiger partial charge in [-0.1, -0.05) is 89.5 Å². The van der Waals surface area contributed by atoms with Crippen molar-refractivity contribution in [2.45, 2.75) is 54.6 Å². The van der Waals surface area contributed by atoms with Crippen LogP contribution in [0, 0.1) is 19.8 Å². The molecule has 2 heterocycles. The summed E-state index contributed by atoms with van der Waals surface area (Å²) in [6, 6.07) is 27.1. The molecular weight excluding hydrogens is 616 g/mol. The molecule has 44 heavy (non-hydrogen) atoms. The third kappa shape index (κ3) is 5.63. The lowest BCUT2D eigenvalue weighted by Crippen LogP contribution is -2.60. The molecule has 6 rings (SSSR count). The van der Waals surface area contributed by atoms with Crippen molar-refractivity contribution in [2.75, 3.05) is 6.54 Å². The van der Waals surface area contributed by atoms with E-state index in [0.717, 1.165) is 11.1 Å². The lowest BCUT2D eigenvalue weighted by atomic mass is 9.77. The first kappa shape index (κ1) is 30.7. The van der Waals surface area contributed by atoms with Gasteiger partial charge in [-0.25, -0.2) is 16.8 Å². The third-order valence-corrected chi connectivity index (χ3v) is 12.8. The van der Waals surface area contributed by atoms with E-state index >= 15 is 0 Å². The molecule has 2 aliphatic rings. The van der Waals surface area contributed by atoms with Gasteiger partial charge in [-0.3, -0.25) is 4.79 Å². The average Bonchev–Trinajstić information content (AvgIpc) is 3.01. The summed E-state index contributed by atoms with van der Waals surface area (Å²) < 4.78 is 60.3. The van der Waals surface area contributed by atoms with Crippen LogP contribution in [0.3, 0.4) is 0 Å². The molecule has 4 aromatic rings. The highest BCUT2D eigenvalue weighted by Gasteiger charge is 2.54. The Morgan fingerprint density at radius 1 is 0.682 bits per heavy atom. The SMILES string of the molecule is Cc1ccc(S(=O)(=O)N2C[C@H]3C(=O)C[C@@H](c4ccccc4)N(S(=O)(=O)c4ccc(C)cc4)[C@H]3C[C@H]2c2cccc(Cl)c2)cc1. The highest BCUT2D eigenvalue weighted by molar-refractivity contribution is 7.89. The number of halogens is 1. The minimum Gasteiger partial charge on any atom is -0.299 e. The van der Waals surface area contributed by atoms with Crippen LogP contribution >= 0.6 is 11.6 Å². The van der Waals surface area contributed by atoms with E-state index in [4.69, 9.17) is 11.6 Å². The van der Waals surface area contributed by atoms with Crippen molar-refractivity contribution < 1.29 is 21.6 Å². The summed E-state index contributed by atoms with van der Waals surface area (Å²) in [6.45, 7) is 3.61. The minimum absolute atomic E-state index is 0.0590. The van der Waals surface area contributed by atoms with Crippen LogP contribution in [-0.4, -0.2) is 43.8 Å². The largest absolute Gasteiger partial charge is 0.299 e. The topological polar surface area (TPSA) is 91.8 Å². The van der Waals surface area contributed by atoms with E-state index < -0.39 is 44.1 Å². The maximum atomic E-state index is 14.5. The predicted molar refractivity (Wildman–Crippen MR) is 170 cm³/mol. The number of piperidine rings is 2. The molecule has 228 valence electrons. The number of hydrogen-bond acceptors (Lipinski definition) is 5. The second kappa shape index (κ2) is 11.9. The van der Waals surface area contributed by atoms with Crippen LogP contribution in [0.15, 0.2) is 113 Å². The number of benzene rings is 4. The zero-order valence-corrected chi connectivity index (χ0v) is 26.8. The van der Waals surface area contributed by atoms with E-state index in [1.165, 1.54) is 8.61 Å². The number of carbonyl (C=O) groups is 1. The Morgan fingerprint density at radius 3 is 1.84 bits per heavy atom. The molecule has 7 nitrogen and oxygen atoms in total. The Balaban J connectivity index is 1.51. The molecule has 2 fully saturated rings. The molecule has 0 spiro atoms. The molecule has 10 heteroatoms. The number of ketones is 1. The first-order valence-corrected chi connectivity index (χ1v) is 17.7. The number of Topliss-reactive ketones (excluding diaryl/α,β-unsaturated/α-hetero) is 1. The van der Waals surface area contributed by atoms with E-state index in [2.05, 4.69) is 0 Å². The first-order valence-electron chi connectivity index (χ1n) is 14.5. The smallest absolute Gasteiger partial charge is 0.243 e. The van der Waals surface area contributed by atoms with E-state index in [1.54, 1.807) is 72.8 Å². The van der Waals surface area contributed by atoms with Gasteiger partial charge in [-0.05, 0) is 67.8 Å². The fourth-order valence-electron chi connectivity index (χ4n) is 6.46. The average molecular weight is 649 g/mol. The molecule has 0 aromatic heterocycles. The minimum atomic E-state index is -4.11. The number of sulfonamides is 2. The third-order valence-electron chi connectivity index (χ3n) is 8.74. The Morgan fingerprint density at radius 2 is 1.25 bits per heavy atom. The number of fused-ring (bicyclic) bond motifs is 1. The van der Waals surface area contributed by atoms with Gasteiger partial charge < -0.3 is 0 Å². The zero-order valence-electron chi connectivity index (χ0n) is 24.4. The van der Waals surface area contributed by atoms with E-state index in [0.29, 0.717) is 16.1 Å². The van der Waals surface area contributed by atoms with Gasteiger partial charge in [-0.2, -0.15) is 8.61 Å². The standard InChI is InChI=1S/C34H33ClN2O5S2/c1-23-11-15-28(16-12-23)43(39,40)36-22-30-33(20-31(36)26-9-6-10-27(35)19-26)37(44(41,42)29-17-13-24(2)14-18-29)32(21-34(30)38)25-7-4-3-5-8-25/h3-19,30-33H,20-22H2,1-2H3/t30-,31+,32+,33+/m1/s1. The molecule has 4 atom stereocenters. The van der Waals surface area contributed by atoms with Crippen molar-refractivity contribution in [3.8, 4) is 0 Å². The summed E-state index contributed by atoms with van der Waals surface area (Å²) in [5.41, 5.74) is 3.18. The van der Waals surface area contributed by atoms with Crippen LogP contribution in [0.2, 0.25) is 5.02 Å². The summed E-state index contributed by atoms with van der Waals surface area (Å²) in [7, 11) is -8.17. The van der Waals surface area contributed by atoms with Gasteiger partial charge in [0.2, 0.25) is 20.0 Å². The van der Waals surface area contributed by atoms with Gasteiger partial charge in [-0.15, -0.1) is 0 Å². The van der Waals surface area contributed by atoms with E-state index in [9.17, 15) is 21.6 Å². The fourth-order valence-corrected chi connectivity index (χ4v) is 10.2. The summed E-state index contributed by atoms with van der Waals surface area (Å²) in [4.78, 5) is 14.2. The normalized spacial score (nSPS) is 23.3.